The van der Waals surface area contributed by atoms with Crippen molar-refractivity contribution >= 4 is 22.6 Å². The molecule has 0 radical (unpaired) electrons. The lowest BCUT2D eigenvalue weighted by Crippen LogP contribution is -2.45. The van der Waals surface area contributed by atoms with Crippen molar-refractivity contribution in [2.75, 3.05) is 24.6 Å². The first kappa shape index (κ1) is 21.8. The first-order chi connectivity index (χ1) is 17.1. The number of aromatic amines is 2. The second-order valence-electron chi connectivity index (χ2n) is 9.55. The number of hydrogen-bond donors (Lipinski definition) is 4. The number of aliphatic hydroxyl groups is 1. The molecule has 0 unspecified atom stereocenters. The van der Waals surface area contributed by atoms with Crippen molar-refractivity contribution in [2.24, 2.45) is 11.1 Å². The average molecular weight is 469 g/mol. The molecule has 0 bridgehead atoms. The van der Waals surface area contributed by atoms with Gasteiger partial charge >= 0.3 is 0 Å². The molecule has 6 rings (SSSR count). The third-order valence-corrected chi connectivity index (χ3v) is 7.70. The molecule has 8 heteroatoms. The molecule has 1 spiro atoms. The summed E-state index contributed by atoms with van der Waals surface area (Å²) in [6.07, 6.45) is 4.54. The first-order valence-electron chi connectivity index (χ1n) is 12.0. The molecule has 2 aromatic carbocycles. The molecule has 4 aromatic rings. The summed E-state index contributed by atoms with van der Waals surface area (Å²) in [7, 11) is 0. The van der Waals surface area contributed by atoms with Gasteiger partial charge < -0.3 is 15.7 Å². The molecule has 178 valence electrons. The minimum Gasteiger partial charge on any atom is -0.392 e. The molecule has 1 fully saturated rings. The van der Waals surface area contributed by atoms with Crippen LogP contribution in [0.1, 0.15) is 41.3 Å². The van der Waals surface area contributed by atoms with Crippen LogP contribution in [0.25, 0.3) is 16.6 Å². The van der Waals surface area contributed by atoms with Crippen molar-refractivity contribution in [3.63, 3.8) is 0 Å². The fourth-order valence-electron chi connectivity index (χ4n) is 5.80. The summed E-state index contributed by atoms with van der Waals surface area (Å²) < 4.78 is 0. The van der Waals surface area contributed by atoms with E-state index in [4.69, 9.17) is 10.7 Å². The largest absolute Gasteiger partial charge is 0.392 e. The Labute approximate surface area is 202 Å². The van der Waals surface area contributed by atoms with Crippen LogP contribution < -0.4 is 16.2 Å². The summed E-state index contributed by atoms with van der Waals surface area (Å²) in [6, 6.07) is 18.1. The number of aromatic nitrogens is 4. The summed E-state index contributed by atoms with van der Waals surface area (Å²) in [5, 5.41) is 17.3. The Morgan fingerprint density at radius 3 is 2.63 bits per heavy atom. The quantitative estimate of drug-likeness (QED) is 0.365. The average Bonchev–Trinajstić information content (AvgIpc) is 3.43. The fraction of sp³-hybridized carbons (Fsp3) is 0.296. The SMILES string of the molecule is N[C@@H]1c2ccccc2CC12CCN(c1nc3[nH]nc(/C(=C/CO)c4ccccc4)c3c(=O)[nH]1)CC2. The third-order valence-electron chi connectivity index (χ3n) is 7.70. The molecule has 2 aromatic heterocycles. The van der Waals surface area contributed by atoms with Gasteiger partial charge in [0.15, 0.2) is 5.65 Å². The van der Waals surface area contributed by atoms with Gasteiger partial charge in [0.1, 0.15) is 11.1 Å². The summed E-state index contributed by atoms with van der Waals surface area (Å²) in [5.41, 5.74) is 11.6. The predicted molar refractivity (Wildman–Crippen MR) is 136 cm³/mol. The van der Waals surface area contributed by atoms with Gasteiger partial charge in [-0.25, -0.2) is 0 Å². The van der Waals surface area contributed by atoms with E-state index in [2.05, 4.69) is 44.3 Å². The number of benzene rings is 2. The fourth-order valence-corrected chi connectivity index (χ4v) is 5.80. The number of hydrogen-bond acceptors (Lipinski definition) is 6. The maximum atomic E-state index is 13.2. The van der Waals surface area contributed by atoms with Crippen LogP contribution in [0.5, 0.6) is 0 Å². The summed E-state index contributed by atoms with van der Waals surface area (Å²) in [6.45, 7) is 1.39. The lowest BCUT2D eigenvalue weighted by atomic mass is 9.73. The van der Waals surface area contributed by atoms with Gasteiger partial charge in [-0.05, 0) is 47.4 Å². The zero-order valence-corrected chi connectivity index (χ0v) is 19.4. The Hall–Kier alpha value is -3.75. The number of nitrogens with one attached hydrogen (secondary N) is 2. The highest BCUT2D eigenvalue weighted by Crippen LogP contribution is 2.50. The molecule has 0 saturated carbocycles. The van der Waals surface area contributed by atoms with Crippen molar-refractivity contribution in [3.8, 4) is 0 Å². The Kier molecular flexibility index (Phi) is 5.27. The summed E-state index contributed by atoms with van der Waals surface area (Å²) in [4.78, 5) is 23.1. The minimum absolute atomic E-state index is 0.0419. The van der Waals surface area contributed by atoms with Gasteiger partial charge in [-0.2, -0.15) is 10.1 Å². The van der Waals surface area contributed by atoms with E-state index in [1.54, 1.807) is 6.08 Å². The number of anilines is 1. The number of rotatable bonds is 4. The van der Waals surface area contributed by atoms with Gasteiger partial charge in [-0.1, -0.05) is 54.6 Å². The zero-order chi connectivity index (χ0) is 24.0. The van der Waals surface area contributed by atoms with Gasteiger partial charge in [0.05, 0.1) is 6.61 Å². The summed E-state index contributed by atoms with van der Waals surface area (Å²) in [5.74, 6) is 0.545. The van der Waals surface area contributed by atoms with E-state index in [1.807, 2.05) is 30.3 Å². The van der Waals surface area contributed by atoms with Crippen LogP contribution in [-0.2, 0) is 6.42 Å². The lowest BCUT2D eigenvalue weighted by molar-refractivity contribution is 0.187. The molecule has 8 nitrogen and oxygen atoms in total. The van der Waals surface area contributed by atoms with E-state index >= 15 is 0 Å². The van der Waals surface area contributed by atoms with E-state index in [9.17, 15) is 9.90 Å². The molecule has 1 aliphatic carbocycles. The van der Waals surface area contributed by atoms with E-state index in [0.29, 0.717) is 28.2 Å². The van der Waals surface area contributed by atoms with E-state index in [1.165, 1.54) is 11.1 Å². The zero-order valence-electron chi connectivity index (χ0n) is 19.4. The van der Waals surface area contributed by atoms with Crippen LogP contribution in [0.2, 0.25) is 0 Å². The van der Waals surface area contributed by atoms with Crippen LogP contribution in [0, 0.1) is 5.41 Å². The number of fused-ring (bicyclic) bond motifs is 2. The molecule has 2 aliphatic rings. The maximum absolute atomic E-state index is 13.2. The topological polar surface area (TPSA) is 124 Å². The molecule has 5 N–H and O–H groups in total. The highest BCUT2D eigenvalue weighted by Gasteiger charge is 2.46. The number of H-pyrrole nitrogens is 2. The van der Waals surface area contributed by atoms with Crippen LogP contribution in [-0.4, -0.2) is 45.0 Å². The Morgan fingerprint density at radius 1 is 1.14 bits per heavy atom. The first-order valence-corrected chi connectivity index (χ1v) is 12.0. The van der Waals surface area contributed by atoms with Crippen LogP contribution in [0.3, 0.4) is 0 Å². The smallest absolute Gasteiger partial charge is 0.264 e. The summed E-state index contributed by atoms with van der Waals surface area (Å²) >= 11 is 0. The van der Waals surface area contributed by atoms with Crippen molar-refractivity contribution in [1.29, 1.82) is 0 Å². The van der Waals surface area contributed by atoms with Crippen LogP contribution in [0.4, 0.5) is 5.95 Å². The normalized spacial score (nSPS) is 19.4. The maximum Gasteiger partial charge on any atom is 0.264 e. The monoisotopic (exact) mass is 468 g/mol. The molecule has 1 aliphatic heterocycles. The van der Waals surface area contributed by atoms with Crippen molar-refractivity contribution in [2.45, 2.75) is 25.3 Å². The number of piperidine rings is 1. The molecule has 1 saturated heterocycles. The van der Waals surface area contributed by atoms with E-state index in [0.717, 1.165) is 37.9 Å². The van der Waals surface area contributed by atoms with Gasteiger partial charge in [0.2, 0.25) is 5.95 Å². The second kappa shape index (κ2) is 8.48. The van der Waals surface area contributed by atoms with E-state index in [-0.39, 0.29) is 23.6 Å². The number of aliphatic hydroxyl groups excluding tert-OH is 1. The Balaban J connectivity index is 1.28. The highest BCUT2D eigenvalue weighted by molar-refractivity contribution is 5.93. The Bertz CT molecular complexity index is 1460. The van der Waals surface area contributed by atoms with Gasteiger partial charge in [-0.3, -0.25) is 14.9 Å². The molecule has 0 amide bonds. The predicted octanol–water partition coefficient (Wildman–Crippen LogP) is 2.91. The van der Waals surface area contributed by atoms with Crippen molar-refractivity contribution in [3.05, 3.63) is 93.4 Å². The minimum atomic E-state index is -0.251. The lowest BCUT2D eigenvalue weighted by Gasteiger charge is -2.42. The molecule has 1 atom stereocenters. The number of nitrogens with two attached hydrogens (primary N) is 1. The highest BCUT2D eigenvalue weighted by atomic mass is 16.2. The van der Waals surface area contributed by atoms with Crippen molar-refractivity contribution in [1.82, 2.24) is 20.2 Å². The van der Waals surface area contributed by atoms with Gasteiger partial charge in [0, 0.05) is 24.7 Å². The molecular formula is C27H28N6O2. The van der Waals surface area contributed by atoms with E-state index < -0.39 is 0 Å². The van der Waals surface area contributed by atoms with Crippen LogP contribution in [0.15, 0.2) is 65.5 Å². The third kappa shape index (κ3) is 3.57. The molecular weight excluding hydrogens is 440 g/mol. The molecule has 3 heterocycles. The van der Waals surface area contributed by atoms with Gasteiger partial charge in [0.25, 0.3) is 5.56 Å². The van der Waals surface area contributed by atoms with Crippen molar-refractivity contribution < 1.29 is 5.11 Å². The standard InChI is InChI=1S/C27H28N6O2/c28-23-20-9-5-4-8-18(20)16-27(23)11-13-33(14-12-27)26-29-24-21(25(35)30-26)22(31-32-24)19(10-15-34)17-6-2-1-3-7-17/h1-10,23,34H,11-16,28H2,(H2,29,30,31,32,35)/b19-10+/t23-/m1/s1. The van der Waals surface area contributed by atoms with Gasteiger partial charge in [-0.15, -0.1) is 0 Å². The number of nitrogens with zero attached hydrogens (tertiary/aromatic N) is 3. The molecule has 35 heavy (non-hydrogen) atoms. The van der Waals surface area contributed by atoms with Crippen LogP contribution >= 0.6 is 0 Å². The second-order valence-corrected chi connectivity index (χ2v) is 9.55. The Morgan fingerprint density at radius 2 is 1.89 bits per heavy atom.